The zero-order valence-corrected chi connectivity index (χ0v) is 13.9. The number of furan rings is 1. The topological polar surface area (TPSA) is 75.9 Å². The molecule has 2 atom stereocenters. The summed E-state index contributed by atoms with van der Waals surface area (Å²) in [4.78, 5) is 32.6. The summed E-state index contributed by atoms with van der Waals surface area (Å²) in [6, 6.07) is 7.08. The number of aromatic nitrogens is 1. The van der Waals surface area contributed by atoms with Crippen molar-refractivity contribution in [1.29, 1.82) is 0 Å². The molecule has 2 aliphatic rings. The number of fused-ring (bicyclic) bond motifs is 1. The molecule has 2 aromatic heterocycles. The van der Waals surface area contributed by atoms with E-state index in [0.717, 1.165) is 5.56 Å². The van der Waals surface area contributed by atoms with Gasteiger partial charge in [-0.3, -0.25) is 14.6 Å². The Kier molecular flexibility index (Phi) is 4.01. The van der Waals surface area contributed by atoms with Crippen molar-refractivity contribution < 1.29 is 18.7 Å². The summed E-state index contributed by atoms with van der Waals surface area (Å²) in [6.45, 7) is 3.22. The van der Waals surface area contributed by atoms with Gasteiger partial charge in [-0.25, -0.2) is 0 Å². The number of hydrogen-bond acceptors (Lipinski definition) is 5. The number of rotatable bonds is 3. The van der Waals surface area contributed by atoms with Crippen molar-refractivity contribution in [2.45, 2.75) is 25.6 Å². The molecule has 4 rings (SSSR count). The van der Waals surface area contributed by atoms with E-state index in [1.807, 2.05) is 12.1 Å². The first kappa shape index (κ1) is 15.8. The smallest absolute Gasteiger partial charge is 0.289 e. The number of amides is 2. The van der Waals surface area contributed by atoms with E-state index >= 15 is 0 Å². The quantitative estimate of drug-likeness (QED) is 0.839. The fourth-order valence-electron chi connectivity index (χ4n) is 3.43. The van der Waals surface area contributed by atoms with Crippen molar-refractivity contribution in [2.24, 2.45) is 0 Å². The third kappa shape index (κ3) is 3.02. The molecule has 2 aromatic rings. The Bertz CT molecular complexity index is 789. The Morgan fingerprint density at radius 3 is 2.92 bits per heavy atom. The van der Waals surface area contributed by atoms with Gasteiger partial charge < -0.3 is 19.0 Å². The van der Waals surface area contributed by atoms with Crippen molar-refractivity contribution in [1.82, 2.24) is 14.8 Å². The first-order chi connectivity index (χ1) is 12.1. The van der Waals surface area contributed by atoms with Gasteiger partial charge in [0, 0.05) is 32.0 Å². The molecule has 2 fully saturated rings. The number of pyridine rings is 1. The zero-order chi connectivity index (χ0) is 17.4. The maximum Gasteiger partial charge on any atom is 0.289 e. The van der Waals surface area contributed by atoms with Gasteiger partial charge in [0.15, 0.2) is 5.76 Å². The van der Waals surface area contributed by atoms with E-state index in [1.165, 1.54) is 0 Å². The third-order valence-electron chi connectivity index (χ3n) is 4.69. The Balaban J connectivity index is 1.51. The van der Waals surface area contributed by atoms with Crippen LogP contribution in [-0.2, 0) is 16.1 Å². The summed E-state index contributed by atoms with van der Waals surface area (Å²) >= 11 is 0. The second kappa shape index (κ2) is 6.33. The van der Waals surface area contributed by atoms with Crippen LogP contribution >= 0.6 is 0 Å². The molecule has 0 aliphatic carbocycles. The highest BCUT2D eigenvalue weighted by atomic mass is 16.5. The van der Waals surface area contributed by atoms with E-state index in [0.29, 0.717) is 31.2 Å². The predicted octanol–water partition coefficient (Wildman–Crippen LogP) is 1.24. The molecule has 0 spiro atoms. The van der Waals surface area contributed by atoms with Gasteiger partial charge in [-0.15, -0.1) is 0 Å². The Morgan fingerprint density at radius 2 is 2.20 bits per heavy atom. The van der Waals surface area contributed by atoms with Gasteiger partial charge in [-0.05, 0) is 30.7 Å². The molecular weight excluding hydrogens is 322 g/mol. The van der Waals surface area contributed by atoms with Crippen LogP contribution in [0.4, 0.5) is 0 Å². The second-order valence-corrected chi connectivity index (χ2v) is 6.42. The molecular formula is C18H19N3O4. The molecule has 0 bridgehead atoms. The van der Waals surface area contributed by atoms with E-state index in [2.05, 4.69) is 4.98 Å². The fourth-order valence-corrected chi connectivity index (χ4v) is 3.43. The first-order valence-electron chi connectivity index (χ1n) is 8.27. The van der Waals surface area contributed by atoms with Crippen molar-refractivity contribution in [3.8, 4) is 0 Å². The first-order valence-corrected chi connectivity index (χ1v) is 8.27. The van der Waals surface area contributed by atoms with Gasteiger partial charge in [0.05, 0.1) is 12.1 Å². The lowest BCUT2D eigenvalue weighted by Gasteiger charge is -2.36. The number of morpholine rings is 1. The summed E-state index contributed by atoms with van der Waals surface area (Å²) in [6.07, 6.45) is 3.28. The zero-order valence-electron chi connectivity index (χ0n) is 13.9. The summed E-state index contributed by atoms with van der Waals surface area (Å²) < 4.78 is 11.1. The molecule has 4 heterocycles. The van der Waals surface area contributed by atoms with Gasteiger partial charge in [0.25, 0.3) is 5.91 Å². The number of carbonyl (C=O) groups is 2. The van der Waals surface area contributed by atoms with Crippen LogP contribution in [0.25, 0.3) is 0 Å². The van der Waals surface area contributed by atoms with Crippen LogP contribution in [-0.4, -0.2) is 58.4 Å². The second-order valence-electron chi connectivity index (χ2n) is 6.42. The third-order valence-corrected chi connectivity index (χ3v) is 4.69. The summed E-state index contributed by atoms with van der Waals surface area (Å²) in [5, 5.41) is 0. The van der Waals surface area contributed by atoms with Crippen molar-refractivity contribution in [3.05, 3.63) is 53.7 Å². The highest BCUT2D eigenvalue weighted by Crippen LogP contribution is 2.26. The molecule has 0 N–H and O–H groups in total. The van der Waals surface area contributed by atoms with Crippen LogP contribution in [0.5, 0.6) is 0 Å². The summed E-state index contributed by atoms with van der Waals surface area (Å²) in [7, 11) is 0. The van der Waals surface area contributed by atoms with Crippen molar-refractivity contribution >= 4 is 11.8 Å². The highest BCUT2D eigenvalue weighted by molar-refractivity contribution is 5.92. The summed E-state index contributed by atoms with van der Waals surface area (Å²) in [5.74, 6) is 0.791. The maximum absolute atomic E-state index is 12.6. The van der Waals surface area contributed by atoms with Gasteiger partial charge >= 0.3 is 0 Å². The van der Waals surface area contributed by atoms with Crippen LogP contribution in [0.15, 0.2) is 41.1 Å². The van der Waals surface area contributed by atoms with Crippen LogP contribution in [0.3, 0.4) is 0 Å². The average molecular weight is 341 g/mol. The Morgan fingerprint density at radius 1 is 1.32 bits per heavy atom. The number of hydrogen-bond donors (Lipinski definition) is 0. The molecule has 2 amide bonds. The molecule has 2 aliphatic heterocycles. The minimum absolute atomic E-state index is 0.0450. The number of ether oxygens (including phenoxy) is 1. The molecule has 2 saturated heterocycles. The Labute approximate surface area is 145 Å². The van der Waals surface area contributed by atoms with Crippen molar-refractivity contribution in [2.75, 3.05) is 19.7 Å². The van der Waals surface area contributed by atoms with Crippen LogP contribution in [0.1, 0.15) is 21.9 Å². The molecule has 25 heavy (non-hydrogen) atoms. The molecule has 130 valence electrons. The van der Waals surface area contributed by atoms with Gasteiger partial charge in [-0.2, -0.15) is 0 Å². The number of nitrogens with zero attached hydrogens (tertiary/aromatic N) is 3. The van der Waals surface area contributed by atoms with E-state index in [-0.39, 0.29) is 30.6 Å². The number of likely N-dealkylation sites (tertiary alicyclic amines) is 1. The molecule has 0 unspecified atom stereocenters. The minimum atomic E-state index is -0.172. The average Bonchev–Trinajstić information content (AvgIpc) is 3.24. The number of carbonyl (C=O) groups excluding carboxylic acids is 2. The molecule has 7 nitrogen and oxygen atoms in total. The van der Waals surface area contributed by atoms with Gasteiger partial charge in [0.1, 0.15) is 12.4 Å². The molecule has 0 aromatic carbocycles. The normalized spacial score (nSPS) is 23.0. The van der Waals surface area contributed by atoms with Crippen LogP contribution in [0, 0.1) is 6.92 Å². The lowest BCUT2D eigenvalue weighted by atomic mass is 10.1. The Hall–Kier alpha value is -2.67. The van der Waals surface area contributed by atoms with Gasteiger partial charge in [-0.1, -0.05) is 6.07 Å². The molecule has 7 heteroatoms. The van der Waals surface area contributed by atoms with E-state index in [4.69, 9.17) is 9.15 Å². The van der Waals surface area contributed by atoms with E-state index < -0.39 is 0 Å². The SMILES string of the molecule is Cc1ccc(C(=O)N2C[C@@H]3[C@@H](C2)OCC(=O)N3Cc2cccnc2)o1. The van der Waals surface area contributed by atoms with Crippen LogP contribution < -0.4 is 0 Å². The lowest BCUT2D eigenvalue weighted by Crippen LogP contribution is -2.53. The van der Waals surface area contributed by atoms with Crippen LogP contribution in [0.2, 0.25) is 0 Å². The highest BCUT2D eigenvalue weighted by Gasteiger charge is 2.45. The molecule has 0 radical (unpaired) electrons. The lowest BCUT2D eigenvalue weighted by molar-refractivity contribution is -0.153. The summed E-state index contributed by atoms with van der Waals surface area (Å²) in [5.41, 5.74) is 0.961. The fraction of sp³-hybridized carbons (Fsp3) is 0.389. The van der Waals surface area contributed by atoms with E-state index in [1.54, 1.807) is 41.2 Å². The van der Waals surface area contributed by atoms with Crippen molar-refractivity contribution in [3.63, 3.8) is 0 Å². The van der Waals surface area contributed by atoms with Gasteiger partial charge in [0.2, 0.25) is 5.91 Å². The number of aryl methyl sites for hydroxylation is 1. The largest absolute Gasteiger partial charge is 0.456 e. The molecule has 0 saturated carbocycles. The predicted molar refractivity (Wildman–Crippen MR) is 87.7 cm³/mol. The minimum Gasteiger partial charge on any atom is -0.456 e. The monoisotopic (exact) mass is 341 g/mol. The maximum atomic E-state index is 12.6. The standard InChI is InChI=1S/C18H19N3O4/c1-12-4-5-15(25-12)18(23)20-9-14-16(10-20)24-11-17(22)21(14)8-13-3-2-6-19-7-13/h2-7,14,16H,8-11H2,1H3/t14-,16-/m1/s1. The van der Waals surface area contributed by atoms with E-state index in [9.17, 15) is 9.59 Å².